The molecule has 1 aromatic carbocycles. The van der Waals surface area contributed by atoms with Crippen molar-refractivity contribution in [2.75, 3.05) is 13.2 Å². The summed E-state index contributed by atoms with van der Waals surface area (Å²) in [7, 11) is 0. The Morgan fingerprint density at radius 2 is 2.06 bits per heavy atom. The van der Waals surface area contributed by atoms with Gasteiger partial charge in [-0.15, -0.1) is 11.6 Å². The third kappa shape index (κ3) is 3.49. The van der Waals surface area contributed by atoms with Gasteiger partial charge in [-0.2, -0.15) is 0 Å². The fraction of sp³-hybridized carbons (Fsp3) is 0.625. The lowest BCUT2D eigenvalue weighted by atomic mass is 10.0. The Morgan fingerprint density at radius 3 is 2.78 bits per heavy atom. The predicted octanol–water partition coefficient (Wildman–Crippen LogP) is 4.59. The van der Waals surface area contributed by atoms with Crippen LogP contribution >= 0.6 is 11.6 Å². The van der Waals surface area contributed by atoms with Crippen molar-refractivity contribution in [3.05, 3.63) is 35.4 Å². The van der Waals surface area contributed by atoms with Crippen LogP contribution in [0.4, 0.5) is 0 Å². The molecule has 0 N–H and O–H groups in total. The van der Waals surface area contributed by atoms with Crippen LogP contribution in [0.15, 0.2) is 24.3 Å². The fourth-order valence-electron chi connectivity index (χ4n) is 2.53. The van der Waals surface area contributed by atoms with Gasteiger partial charge in [0.1, 0.15) is 0 Å². The Morgan fingerprint density at radius 1 is 1.28 bits per heavy atom. The summed E-state index contributed by atoms with van der Waals surface area (Å²) in [5.74, 6) is 1.27. The maximum Gasteiger partial charge on any atom is 0.0620 e. The molecule has 0 saturated heterocycles. The van der Waals surface area contributed by atoms with Crippen LogP contribution in [0.2, 0.25) is 0 Å². The summed E-state index contributed by atoms with van der Waals surface area (Å²) in [5, 5.41) is 0.176. The second-order valence-corrected chi connectivity index (χ2v) is 6.12. The van der Waals surface area contributed by atoms with Crippen molar-refractivity contribution < 1.29 is 4.74 Å². The maximum absolute atomic E-state index is 6.52. The van der Waals surface area contributed by atoms with Crippen LogP contribution in [0.1, 0.15) is 43.2 Å². The average Bonchev–Trinajstić information content (AvgIpc) is 2.66. The van der Waals surface area contributed by atoms with Crippen LogP contribution < -0.4 is 0 Å². The van der Waals surface area contributed by atoms with Crippen LogP contribution in [0.25, 0.3) is 0 Å². The molecule has 0 amide bonds. The van der Waals surface area contributed by atoms with Gasteiger partial charge in [-0.05, 0) is 42.2 Å². The number of hydrogen-bond donors (Lipinski definition) is 0. The van der Waals surface area contributed by atoms with Gasteiger partial charge in [0.15, 0.2) is 0 Å². The molecule has 2 rings (SSSR count). The number of fused-ring (bicyclic) bond motifs is 1. The normalized spacial score (nSPS) is 22.4. The zero-order valence-corrected chi connectivity index (χ0v) is 12.1. The Bertz CT molecular complexity index is 375. The first-order chi connectivity index (χ1) is 8.68. The van der Waals surface area contributed by atoms with Gasteiger partial charge in [-0.1, -0.05) is 38.1 Å². The van der Waals surface area contributed by atoms with E-state index in [1.165, 1.54) is 11.1 Å². The van der Waals surface area contributed by atoms with Gasteiger partial charge in [0.05, 0.1) is 5.38 Å². The van der Waals surface area contributed by atoms with Crippen LogP contribution in [-0.2, 0) is 11.2 Å². The summed E-state index contributed by atoms with van der Waals surface area (Å²) in [4.78, 5) is 0. The monoisotopic (exact) mass is 266 g/mol. The van der Waals surface area contributed by atoms with E-state index < -0.39 is 0 Å². The highest BCUT2D eigenvalue weighted by molar-refractivity contribution is 6.21. The smallest absolute Gasteiger partial charge is 0.0620 e. The van der Waals surface area contributed by atoms with E-state index in [1.54, 1.807) is 0 Å². The molecule has 1 nitrogen and oxygen atoms in total. The van der Waals surface area contributed by atoms with Gasteiger partial charge >= 0.3 is 0 Å². The third-order valence-corrected chi connectivity index (χ3v) is 4.31. The van der Waals surface area contributed by atoms with Crippen LogP contribution in [0, 0.1) is 11.8 Å². The lowest BCUT2D eigenvalue weighted by Crippen LogP contribution is -2.08. The number of hydrogen-bond acceptors (Lipinski definition) is 1. The standard InChI is InChI=1S/C16H23ClO/c1-12(2)7-9-18-10-8-14-11-13-5-3-4-6-15(13)16(14)17/h3-6,12,14,16H,7-11H2,1-2H3. The molecule has 100 valence electrons. The summed E-state index contributed by atoms with van der Waals surface area (Å²) in [6.07, 6.45) is 3.33. The van der Waals surface area contributed by atoms with Crippen molar-refractivity contribution in [1.82, 2.24) is 0 Å². The quantitative estimate of drug-likeness (QED) is 0.540. The molecule has 0 bridgehead atoms. The molecular formula is C16H23ClO. The van der Waals surface area contributed by atoms with Gasteiger partial charge in [-0.3, -0.25) is 0 Å². The van der Waals surface area contributed by atoms with E-state index in [1.807, 2.05) is 0 Å². The van der Waals surface area contributed by atoms with Crippen molar-refractivity contribution >= 4 is 11.6 Å². The molecule has 0 fully saturated rings. The maximum atomic E-state index is 6.52. The van der Waals surface area contributed by atoms with Gasteiger partial charge in [0, 0.05) is 13.2 Å². The first-order valence-corrected chi connectivity index (χ1v) is 7.41. The molecule has 2 unspecified atom stereocenters. The van der Waals surface area contributed by atoms with Crippen LogP contribution in [0.5, 0.6) is 0 Å². The largest absolute Gasteiger partial charge is 0.381 e. The summed E-state index contributed by atoms with van der Waals surface area (Å²) in [6, 6.07) is 8.54. The van der Waals surface area contributed by atoms with E-state index in [4.69, 9.17) is 16.3 Å². The van der Waals surface area contributed by atoms with Crippen molar-refractivity contribution in [3.8, 4) is 0 Å². The molecule has 1 aliphatic carbocycles. The first kappa shape index (κ1) is 13.9. The molecule has 0 aliphatic heterocycles. The van der Waals surface area contributed by atoms with Crippen molar-refractivity contribution in [2.45, 2.75) is 38.5 Å². The zero-order chi connectivity index (χ0) is 13.0. The number of benzene rings is 1. The second kappa shape index (κ2) is 6.58. The summed E-state index contributed by atoms with van der Waals surface area (Å²) in [6.45, 7) is 6.18. The minimum Gasteiger partial charge on any atom is -0.381 e. The molecule has 18 heavy (non-hydrogen) atoms. The van der Waals surface area contributed by atoms with Gasteiger partial charge in [0.25, 0.3) is 0 Å². The van der Waals surface area contributed by atoms with Gasteiger partial charge < -0.3 is 4.74 Å². The molecular weight excluding hydrogens is 244 g/mol. The number of ether oxygens (including phenoxy) is 1. The average molecular weight is 267 g/mol. The van der Waals surface area contributed by atoms with Crippen LogP contribution in [0.3, 0.4) is 0 Å². The second-order valence-electron chi connectivity index (χ2n) is 5.65. The third-order valence-electron chi connectivity index (χ3n) is 3.72. The number of halogens is 1. The van der Waals surface area contributed by atoms with Gasteiger partial charge in [0.2, 0.25) is 0 Å². The van der Waals surface area contributed by atoms with Crippen molar-refractivity contribution in [1.29, 1.82) is 0 Å². The lowest BCUT2D eigenvalue weighted by molar-refractivity contribution is 0.111. The highest BCUT2D eigenvalue weighted by Crippen LogP contribution is 2.42. The minimum absolute atomic E-state index is 0.176. The van der Waals surface area contributed by atoms with E-state index in [0.29, 0.717) is 5.92 Å². The predicted molar refractivity (Wildman–Crippen MR) is 77.1 cm³/mol. The molecule has 1 aliphatic rings. The van der Waals surface area contributed by atoms with E-state index in [2.05, 4.69) is 38.1 Å². The summed E-state index contributed by atoms with van der Waals surface area (Å²) in [5.41, 5.74) is 2.75. The highest BCUT2D eigenvalue weighted by atomic mass is 35.5. The lowest BCUT2D eigenvalue weighted by Gasteiger charge is -2.14. The van der Waals surface area contributed by atoms with E-state index in [9.17, 15) is 0 Å². The molecule has 1 aromatic rings. The zero-order valence-electron chi connectivity index (χ0n) is 11.4. The number of rotatable bonds is 6. The summed E-state index contributed by atoms with van der Waals surface area (Å²) >= 11 is 6.52. The fourth-order valence-corrected chi connectivity index (χ4v) is 2.96. The Hall–Kier alpha value is -0.530. The molecule has 2 heteroatoms. The van der Waals surface area contributed by atoms with E-state index in [-0.39, 0.29) is 5.38 Å². The van der Waals surface area contributed by atoms with Gasteiger partial charge in [-0.25, -0.2) is 0 Å². The highest BCUT2D eigenvalue weighted by Gasteiger charge is 2.29. The SMILES string of the molecule is CC(C)CCOCCC1Cc2ccccc2C1Cl. The topological polar surface area (TPSA) is 9.23 Å². The van der Waals surface area contributed by atoms with Crippen molar-refractivity contribution in [2.24, 2.45) is 11.8 Å². The Balaban J connectivity index is 1.73. The molecule has 0 radical (unpaired) electrons. The molecule has 2 atom stereocenters. The molecule has 0 heterocycles. The summed E-state index contributed by atoms with van der Waals surface area (Å²) < 4.78 is 5.69. The Labute approximate surface area is 115 Å². The van der Waals surface area contributed by atoms with Crippen molar-refractivity contribution in [3.63, 3.8) is 0 Å². The number of alkyl halides is 1. The first-order valence-electron chi connectivity index (χ1n) is 6.98. The van der Waals surface area contributed by atoms with E-state index >= 15 is 0 Å². The van der Waals surface area contributed by atoms with Crippen LogP contribution in [-0.4, -0.2) is 13.2 Å². The molecule has 0 saturated carbocycles. The minimum atomic E-state index is 0.176. The molecule has 0 spiro atoms. The Kier molecular flexibility index (Phi) is 5.08. The molecule has 0 aromatic heterocycles. The van der Waals surface area contributed by atoms with E-state index in [0.717, 1.165) is 38.4 Å².